The summed E-state index contributed by atoms with van der Waals surface area (Å²) in [4.78, 5) is 4.61. The molecule has 1 aromatic rings. The summed E-state index contributed by atoms with van der Waals surface area (Å²) >= 11 is 0. The first-order valence-corrected chi connectivity index (χ1v) is 9.40. The van der Waals surface area contributed by atoms with E-state index in [9.17, 15) is 5.11 Å². The summed E-state index contributed by atoms with van der Waals surface area (Å²) in [7, 11) is 0. The van der Waals surface area contributed by atoms with Crippen LogP contribution in [0.15, 0.2) is 35.3 Å². The van der Waals surface area contributed by atoms with Gasteiger partial charge in [0.25, 0.3) is 0 Å². The van der Waals surface area contributed by atoms with Gasteiger partial charge in [-0.15, -0.1) is 0 Å². The van der Waals surface area contributed by atoms with Crippen LogP contribution in [0.1, 0.15) is 32.8 Å². The summed E-state index contributed by atoms with van der Waals surface area (Å²) < 4.78 is 5.86. The Bertz CT molecular complexity index is 588. The van der Waals surface area contributed by atoms with Crippen LogP contribution < -0.4 is 10.6 Å². The molecule has 0 bridgehead atoms. The summed E-state index contributed by atoms with van der Waals surface area (Å²) in [5.74, 6) is 1.35. The van der Waals surface area contributed by atoms with E-state index in [0.717, 1.165) is 31.1 Å². The van der Waals surface area contributed by atoms with Crippen LogP contribution in [0.5, 0.6) is 0 Å². The van der Waals surface area contributed by atoms with Crippen LogP contribution in [0, 0.1) is 11.3 Å². The minimum Gasteiger partial charge on any atom is -0.391 e. The van der Waals surface area contributed by atoms with Gasteiger partial charge in [-0.2, -0.15) is 0 Å². The Morgan fingerprint density at radius 2 is 2.12 bits per heavy atom. The third kappa shape index (κ3) is 3.98. The molecule has 1 heterocycles. The van der Waals surface area contributed by atoms with E-state index in [1.165, 1.54) is 0 Å². The highest BCUT2D eigenvalue weighted by atomic mass is 16.5. The Labute approximate surface area is 150 Å². The zero-order chi connectivity index (χ0) is 17.9. The number of rotatable bonds is 6. The highest BCUT2D eigenvalue weighted by molar-refractivity contribution is 5.80. The van der Waals surface area contributed by atoms with Gasteiger partial charge in [-0.3, -0.25) is 4.99 Å². The van der Waals surface area contributed by atoms with Crippen LogP contribution >= 0.6 is 0 Å². The normalized spacial score (nSPS) is 28.8. The first-order valence-electron chi connectivity index (χ1n) is 9.40. The lowest BCUT2D eigenvalue weighted by Gasteiger charge is -2.54. The van der Waals surface area contributed by atoms with E-state index >= 15 is 0 Å². The number of aliphatic hydroxyl groups excluding tert-OH is 1. The predicted molar refractivity (Wildman–Crippen MR) is 101 cm³/mol. The molecule has 1 saturated carbocycles. The number of fused-ring (bicyclic) bond motifs is 1. The maximum atomic E-state index is 10.3. The Morgan fingerprint density at radius 3 is 2.84 bits per heavy atom. The second-order valence-corrected chi connectivity index (χ2v) is 7.75. The molecule has 1 saturated heterocycles. The summed E-state index contributed by atoms with van der Waals surface area (Å²) in [6, 6.07) is 10.4. The minimum atomic E-state index is -0.477. The lowest BCUT2D eigenvalue weighted by Crippen LogP contribution is -2.68. The molecule has 1 aliphatic heterocycles. The number of aliphatic imine (C=N–C) groups is 1. The Morgan fingerprint density at radius 1 is 1.36 bits per heavy atom. The van der Waals surface area contributed by atoms with Gasteiger partial charge in [-0.05, 0) is 18.9 Å². The zero-order valence-electron chi connectivity index (χ0n) is 15.5. The van der Waals surface area contributed by atoms with Gasteiger partial charge in [-0.25, -0.2) is 0 Å². The highest BCUT2D eigenvalue weighted by Crippen LogP contribution is 2.52. The average Bonchev–Trinajstić information content (AvgIpc) is 3.05. The molecule has 0 radical (unpaired) electrons. The van der Waals surface area contributed by atoms with Crippen LogP contribution in [-0.4, -0.2) is 49.0 Å². The number of ether oxygens (including phenoxy) is 1. The fourth-order valence-electron chi connectivity index (χ4n) is 4.23. The van der Waals surface area contributed by atoms with Gasteiger partial charge in [-0.1, -0.05) is 44.2 Å². The molecule has 5 heteroatoms. The molecule has 4 atom stereocenters. The monoisotopic (exact) mass is 345 g/mol. The number of nitrogens with one attached hydrogen (secondary N) is 2. The SMILES string of the molecule is CCNC(=NCC(O)Cc1ccccc1)NC1C2CCOC2C1(C)C. The van der Waals surface area contributed by atoms with Crippen molar-refractivity contribution in [1.29, 1.82) is 0 Å². The van der Waals surface area contributed by atoms with E-state index in [2.05, 4.69) is 36.4 Å². The molecule has 1 aliphatic carbocycles. The van der Waals surface area contributed by atoms with Crippen LogP contribution in [0.3, 0.4) is 0 Å². The molecule has 3 N–H and O–H groups in total. The molecular weight excluding hydrogens is 314 g/mol. The van der Waals surface area contributed by atoms with Gasteiger partial charge in [0.15, 0.2) is 5.96 Å². The molecule has 0 spiro atoms. The van der Waals surface area contributed by atoms with E-state index in [0.29, 0.717) is 31.0 Å². The van der Waals surface area contributed by atoms with Crippen molar-refractivity contribution < 1.29 is 9.84 Å². The summed E-state index contributed by atoms with van der Waals surface area (Å²) in [6.07, 6.45) is 1.62. The molecule has 2 aliphatic rings. The first-order chi connectivity index (χ1) is 12.0. The molecular formula is C20H31N3O2. The number of aliphatic hydroxyl groups is 1. The molecule has 1 aromatic carbocycles. The lowest BCUT2D eigenvalue weighted by molar-refractivity contribution is -0.106. The molecule has 4 unspecified atom stereocenters. The zero-order valence-corrected chi connectivity index (χ0v) is 15.5. The van der Waals surface area contributed by atoms with Crippen LogP contribution in [0.4, 0.5) is 0 Å². The fourth-order valence-corrected chi connectivity index (χ4v) is 4.23. The van der Waals surface area contributed by atoms with Gasteiger partial charge in [0.2, 0.25) is 0 Å². The van der Waals surface area contributed by atoms with E-state index in [-0.39, 0.29) is 5.41 Å². The Kier molecular flexibility index (Phi) is 5.64. The maximum Gasteiger partial charge on any atom is 0.191 e. The summed E-state index contributed by atoms with van der Waals surface area (Å²) in [6.45, 7) is 8.63. The summed E-state index contributed by atoms with van der Waals surface area (Å²) in [5.41, 5.74) is 1.24. The van der Waals surface area contributed by atoms with E-state index in [1.54, 1.807) is 0 Å². The number of guanidine groups is 1. The van der Waals surface area contributed by atoms with Gasteiger partial charge >= 0.3 is 0 Å². The number of benzene rings is 1. The third-order valence-corrected chi connectivity index (χ3v) is 5.51. The molecule has 0 aromatic heterocycles. The maximum absolute atomic E-state index is 10.3. The predicted octanol–water partition coefficient (Wildman–Crippen LogP) is 1.96. The van der Waals surface area contributed by atoms with Gasteiger partial charge in [0.1, 0.15) is 0 Å². The molecule has 25 heavy (non-hydrogen) atoms. The summed E-state index contributed by atoms with van der Waals surface area (Å²) in [5, 5.41) is 17.2. The topological polar surface area (TPSA) is 65.9 Å². The van der Waals surface area contributed by atoms with Crippen molar-refractivity contribution in [2.24, 2.45) is 16.3 Å². The van der Waals surface area contributed by atoms with Crippen LogP contribution in [0.25, 0.3) is 0 Å². The number of hydrogen-bond acceptors (Lipinski definition) is 3. The van der Waals surface area contributed by atoms with Crippen molar-refractivity contribution in [2.45, 2.75) is 51.9 Å². The standard InChI is InChI=1S/C20H31N3O2/c1-4-21-19(22-13-15(24)12-14-8-6-5-7-9-14)23-17-16-10-11-25-18(16)20(17,2)3/h5-9,15-18,24H,4,10-13H2,1-3H3,(H2,21,22,23). The molecule has 2 fully saturated rings. The van der Waals surface area contributed by atoms with Gasteiger partial charge in [0.05, 0.1) is 18.8 Å². The Hall–Kier alpha value is -1.59. The van der Waals surface area contributed by atoms with Crippen molar-refractivity contribution in [1.82, 2.24) is 10.6 Å². The van der Waals surface area contributed by atoms with Gasteiger partial charge < -0.3 is 20.5 Å². The molecule has 5 nitrogen and oxygen atoms in total. The molecule has 0 amide bonds. The number of hydrogen-bond donors (Lipinski definition) is 3. The Balaban J connectivity index is 1.58. The smallest absolute Gasteiger partial charge is 0.191 e. The van der Waals surface area contributed by atoms with Crippen molar-refractivity contribution in [3.05, 3.63) is 35.9 Å². The van der Waals surface area contributed by atoms with Crippen molar-refractivity contribution in [2.75, 3.05) is 19.7 Å². The highest BCUT2D eigenvalue weighted by Gasteiger charge is 2.59. The third-order valence-electron chi connectivity index (χ3n) is 5.51. The van der Waals surface area contributed by atoms with Crippen LogP contribution in [-0.2, 0) is 11.2 Å². The van der Waals surface area contributed by atoms with Crippen molar-refractivity contribution in [3.8, 4) is 0 Å². The van der Waals surface area contributed by atoms with E-state index in [1.807, 2.05) is 30.3 Å². The average molecular weight is 345 g/mol. The first kappa shape index (κ1) is 18.2. The van der Waals surface area contributed by atoms with Gasteiger partial charge in [0, 0.05) is 36.9 Å². The van der Waals surface area contributed by atoms with E-state index in [4.69, 9.17) is 4.74 Å². The van der Waals surface area contributed by atoms with Crippen molar-refractivity contribution >= 4 is 5.96 Å². The van der Waals surface area contributed by atoms with Crippen molar-refractivity contribution in [3.63, 3.8) is 0 Å². The van der Waals surface area contributed by atoms with E-state index < -0.39 is 6.10 Å². The molecule has 3 rings (SSSR count). The molecule has 138 valence electrons. The second-order valence-electron chi connectivity index (χ2n) is 7.75. The largest absolute Gasteiger partial charge is 0.391 e. The number of nitrogens with zero attached hydrogens (tertiary/aromatic N) is 1. The minimum absolute atomic E-state index is 0.111. The fraction of sp³-hybridized carbons (Fsp3) is 0.650. The lowest BCUT2D eigenvalue weighted by atomic mass is 9.57. The second kappa shape index (κ2) is 7.75. The van der Waals surface area contributed by atoms with Crippen LogP contribution in [0.2, 0.25) is 0 Å². The quantitative estimate of drug-likeness (QED) is 0.545.